The largest absolute Gasteiger partial charge is 0.493 e. The van der Waals surface area contributed by atoms with Crippen molar-refractivity contribution in [2.75, 3.05) is 13.2 Å². The van der Waals surface area contributed by atoms with Crippen LogP contribution in [-0.4, -0.2) is 37.5 Å². The van der Waals surface area contributed by atoms with Crippen molar-refractivity contribution in [2.24, 2.45) is 5.92 Å². The van der Waals surface area contributed by atoms with Gasteiger partial charge in [-0.05, 0) is 47.9 Å². The fourth-order valence-corrected chi connectivity index (χ4v) is 4.50. The zero-order chi connectivity index (χ0) is 27.8. The molecule has 0 aliphatic carbocycles. The zero-order valence-corrected chi connectivity index (χ0v) is 22.3. The molecule has 0 aliphatic heterocycles. The van der Waals surface area contributed by atoms with Gasteiger partial charge in [-0.3, -0.25) is 4.79 Å². The van der Waals surface area contributed by atoms with Gasteiger partial charge in [-0.15, -0.1) is 0 Å². The van der Waals surface area contributed by atoms with Crippen molar-refractivity contribution in [3.8, 4) is 22.9 Å². The Balaban J connectivity index is 1.64. The van der Waals surface area contributed by atoms with Gasteiger partial charge in [0.2, 0.25) is 5.88 Å². The van der Waals surface area contributed by atoms with E-state index in [-0.39, 0.29) is 29.0 Å². The third kappa shape index (κ3) is 7.61. The van der Waals surface area contributed by atoms with Gasteiger partial charge in [0.25, 0.3) is 15.9 Å². The quantitative estimate of drug-likeness (QED) is 0.279. The Morgan fingerprint density at radius 1 is 0.974 bits per heavy atom. The molecule has 0 spiro atoms. The number of sulfonamides is 1. The van der Waals surface area contributed by atoms with E-state index >= 15 is 0 Å². The predicted molar refractivity (Wildman–Crippen MR) is 144 cm³/mol. The molecule has 0 atom stereocenters. The van der Waals surface area contributed by atoms with Crippen molar-refractivity contribution in [2.45, 2.75) is 25.3 Å². The lowest BCUT2D eigenvalue weighted by molar-refractivity contribution is 0.0976. The highest BCUT2D eigenvalue weighted by Gasteiger charge is 2.23. The molecule has 2 aromatic carbocycles. The number of amides is 1. The lowest BCUT2D eigenvalue weighted by atomic mass is 10.1. The molecular formula is C29H28FN3O5S. The van der Waals surface area contributed by atoms with Gasteiger partial charge in [0.05, 0.1) is 18.9 Å². The first kappa shape index (κ1) is 27.7. The van der Waals surface area contributed by atoms with Crippen LogP contribution in [0.4, 0.5) is 4.39 Å². The molecule has 202 valence electrons. The van der Waals surface area contributed by atoms with E-state index in [1.807, 2.05) is 48.9 Å². The van der Waals surface area contributed by atoms with Crippen molar-refractivity contribution in [3.63, 3.8) is 0 Å². The van der Waals surface area contributed by atoms with Crippen LogP contribution < -0.4 is 14.2 Å². The first-order valence-electron chi connectivity index (χ1n) is 12.3. The topological polar surface area (TPSA) is 107 Å². The molecular weight excluding hydrogens is 521 g/mol. The second-order valence-electron chi connectivity index (χ2n) is 9.12. The number of aromatic nitrogens is 2. The molecule has 2 heterocycles. The Labute approximate surface area is 226 Å². The van der Waals surface area contributed by atoms with Gasteiger partial charge < -0.3 is 9.47 Å². The Bertz CT molecular complexity index is 1530. The minimum atomic E-state index is -4.23. The molecule has 0 radical (unpaired) electrons. The number of halogens is 1. The molecule has 8 nitrogen and oxygen atoms in total. The third-order valence-electron chi connectivity index (χ3n) is 5.47. The molecule has 10 heteroatoms. The minimum absolute atomic E-state index is 0.0916. The summed E-state index contributed by atoms with van der Waals surface area (Å²) in [6.45, 7) is 4.55. The monoisotopic (exact) mass is 549 g/mol. The number of carbonyl (C=O) groups excluding carboxylic acids is 1. The second kappa shape index (κ2) is 12.5. The van der Waals surface area contributed by atoms with Crippen molar-refractivity contribution >= 4 is 15.9 Å². The highest BCUT2D eigenvalue weighted by Crippen LogP contribution is 2.28. The fourth-order valence-electron chi connectivity index (χ4n) is 3.59. The summed E-state index contributed by atoms with van der Waals surface area (Å²) >= 11 is 0. The van der Waals surface area contributed by atoms with Crippen LogP contribution in [0.5, 0.6) is 11.6 Å². The number of carbonyl (C=O) groups is 1. The number of rotatable bonds is 11. The van der Waals surface area contributed by atoms with E-state index in [2.05, 4.69) is 9.97 Å². The van der Waals surface area contributed by atoms with Crippen LogP contribution in [0.1, 0.15) is 29.8 Å². The Hall–Kier alpha value is -4.31. The molecule has 1 amide bonds. The second-order valence-corrected chi connectivity index (χ2v) is 10.7. The number of nitrogens with zero attached hydrogens (tertiary/aromatic N) is 2. The van der Waals surface area contributed by atoms with Crippen LogP contribution in [0.3, 0.4) is 0 Å². The molecule has 0 saturated heterocycles. The summed E-state index contributed by atoms with van der Waals surface area (Å²) in [6, 6.07) is 21.0. The SMILES string of the molecule is CC(C)COc1cc(F)cc(-c2ccc(C(=O)NS(=O)(=O)c3ccccn3)c(OCCc3ccccc3)n2)c1. The lowest BCUT2D eigenvalue weighted by Crippen LogP contribution is -2.31. The molecule has 2 aromatic heterocycles. The summed E-state index contributed by atoms with van der Waals surface area (Å²) in [7, 11) is -4.23. The summed E-state index contributed by atoms with van der Waals surface area (Å²) in [6.07, 6.45) is 1.83. The molecule has 1 N–H and O–H groups in total. The van der Waals surface area contributed by atoms with E-state index in [0.717, 1.165) is 5.56 Å². The summed E-state index contributed by atoms with van der Waals surface area (Å²) in [5, 5.41) is -0.303. The van der Waals surface area contributed by atoms with Crippen LogP contribution >= 0.6 is 0 Å². The molecule has 4 aromatic rings. The Morgan fingerprint density at radius 2 is 1.74 bits per heavy atom. The number of pyridine rings is 2. The van der Waals surface area contributed by atoms with E-state index in [1.54, 1.807) is 12.1 Å². The van der Waals surface area contributed by atoms with E-state index in [4.69, 9.17) is 9.47 Å². The van der Waals surface area contributed by atoms with Gasteiger partial charge in [0, 0.05) is 24.2 Å². The van der Waals surface area contributed by atoms with Crippen molar-refractivity contribution in [1.82, 2.24) is 14.7 Å². The fraction of sp³-hybridized carbons (Fsp3) is 0.207. The van der Waals surface area contributed by atoms with Gasteiger partial charge in [-0.1, -0.05) is 50.2 Å². The predicted octanol–water partition coefficient (Wildman–Crippen LogP) is 5.06. The summed E-state index contributed by atoms with van der Waals surface area (Å²) in [4.78, 5) is 21.3. The van der Waals surface area contributed by atoms with Crippen LogP contribution in [0, 0.1) is 11.7 Å². The number of nitrogens with one attached hydrogen (secondary N) is 1. The normalized spacial score (nSPS) is 11.3. The van der Waals surface area contributed by atoms with Gasteiger partial charge in [0.1, 0.15) is 17.1 Å². The molecule has 0 saturated carbocycles. The van der Waals surface area contributed by atoms with E-state index < -0.39 is 21.7 Å². The highest BCUT2D eigenvalue weighted by atomic mass is 32.2. The maximum Gasteiger partial charge on any atom is 0.281 e. The average molecular weight is 550 g/mol. The van der Waals surface area contributed by atoms with Gasteiger partial charge in [0.15, 0.2) is 5.03 Å². The van der Waals surface area contributed by atoms with Crippen LogP contribution in [-0.2, 0) is 16.4 Å². The number of hydrogen-bond donors (Lipinski definition) is 1. The minimum Gasteiger partial charge on any atom is -0.493 e. The maximum absolute atomic E-state index is 14.4. The van der Waals surface area contributed by atoms with E-state index in [9.17, 15) is 17.6 Å². The first-order chi connectivity index (χ1) is 18.7. The van der Waals surface area contributed by atoms with Crippen molar-refractivity contribution in [3.05, 3.63) is 102 Å². The van der Waals surface area contributed by atoms with Crippen LogP contribution in [0.15, 0.2) is 90.1 Å². The van der Waals surface area contributed by atoms with E-state index in [0.29, 0.717) is 30.0 Å². The maximum atomic E-state index is 14.4. The smallest absolute Gasteiger partial charge is 0.281 e. The third-order valence-corrected chi connectivity index (χ3v) is 6.71. The summed E-state index contributed by atoms with van der Waals surface area (Å²) in [5.41, 5.74) is 1.64. The molecule has 0 aliphatic rings. The van der Waals surface area contributed by atoms with Crippen LogP contribution in [0.2, 0.25) is 0 Å². The van der Waals surface area contributed by atoms with Crippen molar-refractivity contribution < 1.29 is 27.1 Å². The van der Waals surface area contributed by atoms with Gasteiger partial charge >= 0.3 is 0 Å². The lowest BCUT2D eigenvalue weighted by Gasteiger charge is -2.14. The average Bonchev–Trinajstić information content (AvgIpc) is 2.92. The van der Waals surface area contributed by atoms with Gasteiger partial charge in [-0.2, -0.15) is 8.42 Å². The Kier molecular flexibility index (Phi) is 8.88. The molecule has 0 unspecified atom stereocenters. The summed E-state index contributed by atoms with van der Waals surface area (Å²) < 4.78 is 53.4. The molecule has 39 heavy (non-hydrogen) atoms. The zero-order valence-electron chi connectivity index (χ0n) is 21.5. The summed E-state index contributed by atoms with van der Waals surface area (Å²) in [5.74, 6) is -0.946. The molecule has 0 fully saturated rings. The van der Waals surface area contributed by atoms with Crippen LogP contribution in [0.25, 0.3) is 11.3 Å². The Morgan fingerprint density at radius 3 is 2.46 bits per heavy atom. The number of hydrogen-bond acceptors (Lipinski definition) is 7. The van der Waals surface area contributed by atoms with Gasteiger partial charge in [-0.25, -0.2) is 19.1 Å². The van der Waals surface area contributed by atoms with E-state index in [1.165, 1.54) is 42.6 Å². The van der Waals surface area contributed by atoms with Crippen molar-refractivity contribution in [1.29, 1.82) is 0 Å². The highest BCUT2D eigenvalue weighted by molar-refractivity contribution is 7.90. The standard InChI is InChI=1S/C29H28FN3O5S/c1-20(2)19-38-24-17-22(16-23(30)18-24)26-12-11-25(28(34)33-39(35,36)27-10-6-7-14-31-27)29(32-26)37-15-13-21-8-4-3-5-9-21/h3-12,14,16-18,20H,13,15,19H2,1-2H3,(H,33,34). The number of benzene rings is 2. The number of ether oxygens (including phenoxy) is 2. The molecule has 4 rings (SSSR count). The molecule has 0 bridgehead atoms. The first-order valence-corrected chi connectivity index (χ1v) is 13.8.